The van der Waals surface area contributed by atoms with Gasteiger partial charge in [-0.3, -0.25) is 20.0 Å². The standard InChI is InChI=1S/C18H15N5O3/c1-12-5-7-14(8-6-12)16-10-17(21-20-16)18(24)22-19-11-13-3-2-4-15(9-13)23(25)26/h2-11H,1H3,(H,20,21)(H,22,24). The highest BCUT2D eigenvalue weighted by Crippen LogP contribution is 2.18. The van der Waals surface area contributed by atoms with Crippen LogP contribution in [-0.4, -0.2) is 27.2 Å². The normalized spacial score (nSPS) is 10.8. The smallest absolute Gasteiger partial charge is 0.272 e. The number of amides is 1. The van der Waals surface area contributed by atoms with Gasteiger partial charge in [-0.05, 0) is 13.0 Å². The van der Waals surface area contributed by atoms with E-state index in [9.17, 15) is 14.9 Å². The van der Waals surface area contributed by atoms with Crippen molar-refractivity contribution in [1.29, 1.82) is 0 Å². The molecule has 0 fully saturated rings. The van der Waals surface area contributed by atoms with Gasteiger partial charge in [-0.25, -0.2) is 5.43 Å². The van der Waals surface area contributed by atoms with E-state index in [0.29, 0.717) is 11.3 Å². The maximum Gasteiger partial charge on any atom is 0.289 e. The molecule has 0 unspecified atom stereocenters. The minimum absolute atomic E-state index is 0.0448. The van der Waals surface area contributed by atoms with Crippen LogP contribution in [0, 0.1) is 17.0 Å². The van der Waals surface area contributed by atoms with E-state index in [0.717, 1.165) is 11.1 Å². The van der Waals surface area contributed by atoms with E-state index >= 15 is 0 Å². The second-order valence-electron chi connectivity index (χ2n) is 5.58. The first-order valence-electron chi connectivity index (χ1n) is 7.73. The Morgan fingerprint density at radius 3 is 2.73 bits per heavy atom. The molecule has 1 aromatic heterocycles. The SMILES string of the molecule is Cc1ccc(-c2cc(C(=O)NN=Cc3cccc([N+](=O)[O-])c3)[nH]n2)cc1. The Labute approximate surface area is 148 Å². The van der Waals surface area contributed by atoms with Crippen molar-refractivity contribution >= 4 is 17.8 Å². The van der Waals surface area contributed by atoms with E-state index in [4.69, 9.17) is 0 Å². The molecule has 0 spiro atoms. The number of aryl methyl sites for hydroxylation is 1. The van der Waals surface area contributed by atoms with Crippen LogP contribution in [0.4, 0.5) is 5.69 Å². The minimum atomic E-state index is -0.493. The number of carbonyl (C=O) groups is 1. The summed E-state index contributed by atoms with van der Waals surface area (Å²) in [5.74, 6) is -0.461. The molecule has 0 aliphatic rings. The number of nitro benzene ring substituents is 1. The molecule has 1 amide bonds. The number of non-ortho nitro benzene ring substituents is 1. The lowest BCUT2D eigenvalue weighted by molar-refractivity contribution is -0.384. The molecule has 26 heavy (non-hydrogen) atoms. The number of hydrogen-bond acceptors (Lipinski definition) is 5. The highest BCUT2D eigenvalue weighted by atomic mass is 16.6. The molecule has 2 aromatic carbocycles. The number of rotatable bonds is 5. The van der Waals surface area contributed by atoms with E-state index in [1.54, 1.807) is 18.2 Å². The van der Waals surface area contributed by atoms with Crippen molar-refractivity contribution in [2.75, 3.05) is 0 Å². The van der Waals surface area contributed by atoms with Gasteiger partial charge in [-0.2, -0.15) is 10.2 Å². The third kappa shape index (κ3) is 3.99. The molecule has 8 heteroatoms. The highest BCUT2D eigenvalue weighted by molar-refractivity contribution is 5.94. The van der Waals surface area contributed by atoms with Crippen molar-refractivity contribution in [3.63, 3.8) is 0 Å². The monoisotopic (exact) mass is 349 g/mol. The van der Waals surface area contributed by atoms with Gasteiger partial charge in [0.2, 0.25) is 0 Å². The zero-order valence-electron chi connectivity index (χ0n) is 13.8. The molecule has 0 aliphatic heterocycles. The molecule has 3 rings (SSSR count). The number of nitrogens with zero attached hydrogens (tertiary/aromatic N) is 3. The van der Waals surface area contributed by atoms with Crippen LogP contribution in [-0.2, 0) is 0 Å². The fraction of sp³-hybridized carbons (Fsp3) is 0.0556. The average Bonchev–Trinajstić information content (AvgIpc) is 3.13. The molecule has 8 nitrogen and oxygen atoms in total. The molecule has 3 aromatic rings. The van der Waals surface area contributed by atoms with Gasteiger partial charge < -0.3 is 0 Å². The molecule has 130 valence electrons. The molecule has 0 saturated carbocycles. The summed E-state index contributed by atoms with van der Waals surface area (Å²) in [6.45, 7) is 1.99. The maximum absolute atomic E-state index is 12.1. The number of hydrazone groups is 1. The molecular formula is C18H15N5O3. The summed E-state index contributed by atoms with van der Waals surface area (Å²) in [6.07, 6.45) is 1.34. The van der Waals surface area contributed by atoms with Crippen LogP contribution in [0.5, 0.6) is 0 Å². The van der Waals surface area contributed by atoms with Crippen molar-refractivity contribution in [2.24, 2.45) is 5.10 Å². The number of nitrogens with one attached hydrogen (secondary N) is 2. The van der Waals surface area contributed by atoms with Crippen LogP contribution >= 0.6 is 0 Å². The van der Waals surface area contributed by atoms with Crippen molar-refractivity contribution in [3.8, 4) is 11.3 Å². The largest absolute Gasteiger partial charge is 0.289 e. The van der Waals surface area contributed by atoms with Gasteiger partial charge in [0.15, 0.2) is 0 Å². The van der Waals surface area contributed by atoms with Crippen molar-refractivity contribution in [1.82, 2.24) is 15.6 Å². The number of carbonyl (C=O) groups excluding carboxylic acids is 1. The van der Waals surface area contributed by atoms with Gasteiger partial charge in [0.25, 0.3) is 11.6 Å². The Morgan fingerprint density at radius 1 is 1.23 bits per heavy atom. The summed E-state index contributed by atoms with van der Waals surface area (Å²) in [4.78, 5) is 22.3. The molecular weight excluding hydrogens is 334 g/mol. The topological polar surface area (TPSA) is 113 Å². The quantitative estimate of drug-likeness (QED) is 0.418. The lowest BCUT2D eigenvalue weighted by Crippen LogP contribution is -2.18. The Morgan fingerprint density at radius 2 is 2.00 bits per heavy atom. The third-order valence-corrected chi connectivity index (χ3v) is 3.63. The predicted molar refractivity (Wildman–Crippen MR) is 96.9 cm³/mol. The van der Waals surface area contributed by atoms with Crippen LogP contribution < -0.4 is 5.43 Å². The van der Waals surface area contributed by atoms with E-state index < -0.39 is 10.8 Å². The zero-order valence-corrected chi connectivity index (χ0v) is 13.8. The Bertz CT molecular complexity index is 977. The molecule has 1 heterocycles. The molecule has 0 radical (unpaired) electrons. The van der Waals surface area contributed by atoms with Gasteiger partial charge in [-0.15, -0.1) is 0 Å². The highest BCUT2D eigenvalue weighted by Gasteiger charge is 2.10. The van der Waals surface area contributed by atoms with Crippen molar-refractivity contribution in [3.05, 3.63) is 81.5 Å². The molecule has 0 aliphatic carbocycles. The lowest BCUT2D eigenvalue weighted by atomic mass is 10.1. The van der Waals surface area contributed by atoms with Crippen LogP contribution in [0.25, 0.3) is 11.3 Å². The van der Waals surface area contributed by atoms with Crippen molar-refractivity contribution < 1.29 is 9.72 Å². The summed E-state index contributed by atoms with van der Waals surface area (Å²) in [6, 6.07) is 15.3. The summed E-state index contributed by atoms with van der Waals surface area (Å²) >= 11 is 0. The van der Waals surface area contributed by atoms with Gasteiger partial charge in [-0.1, -0.05) is 42.0 Å². The van der Waals surface area contributed by atoms with E-state index in [-0.39, 0.29) is 11.4 Å². The molecule has 2 N–H and O–H groups in total. The van der Waals surface area contributed by atoms with Gasteiger partial charge in [0.05, 0.1) is 16.8 Å². The summed E-state index contributed by atoms with van der Waals surface area (Å²) in [5, 5.41) is 21.3. The number of nitro groups is 1. The fourth-order valence-corrected chi connectivity index (χ4v) is 2.25. The van der Waals surface area contributed by atoms with Crippen LogP contribution in [0.2, 0.25) is 0 Å². The summed E-state index contributed by atoms with van der Waals surface area (Å²) in [5.41, 5.74) is 5.76. The number of aromatic amines is 1. The van der Waals surface area contributed by atoms with E-state index in [1.807, 2.05) is 31.2 Å². The van der Waals surface area contributed by atoms with Crippen LogP contribution in [0.1, 0.15) is 21.6 Å². The number of benzene rings is 2. The second-order valence-corrected chi connectivity index (χ2v) is 5.58. The molecule has 0 bridgehead atoms. The van der Waals surface area contributed by atoms with E-state index in [2.05, 4.69) is 20.7 Å². The Kier molecular flexibility index (Phi) is 4.84. The zero-order chi connectivity index (χ0) is 18.5. The summed E-state index contributed by atoms with van der Waals surface area (Å²) < 4.78 is 0. The van der Waals surface area contributed by atoms with Crippen molar-refractivity contribution in [2.45, 2.75) is 6.92 Å². The van der Waals surface area contributed by atoms with Gasteiger partial charge in [0.1, 0.15) is 5.69 Å². The first-order valence-corrected chi connectivity index (χ1v) is 7.73. The molecule has 0 saturated heterocycles. The van der Waals surface area contributed by atoms with Gasteiger partial charge in [0, 0.05) is 23.3 Å². The minimum Gasteiger partial charge on any atom is -0.272 e. The Balaban J connectivity index is 1.66. The number of hydrogen-bond donors (Lipinski definition) is 2. The van der Waals surface area contributed by atoms with Gasteiger partial charge >= 0.3 is 0 Å². The lowest BCUT2D eigenvalue weighted by Gasteiger charge is -1.97. The maximum atomic E-state index is 12.1. The van der Waals surface area contributed by atoms with E-state index in [1.165, 1.54) is 18.3 Å². The van der Waals surface area contributed by atoms with Crippen LogP contribution in [0.15, 0.2) is 59.7 Å². The average molecular weight is 349 g/mol. The first-order chi connectivity index (χ1) is 12.5. The number of aromatic nitrogens is 2. The predicted octanol–water partition coefficient (Wildman–Crippen LogP) is 3.06. The Hall–Kier alpha value is -3.81. The third-order valence-electron chi connectivity index (χ3n) is 3.63. The fourth-order valence-electron chi connectivity index (χ4n) is 2.25. The number of H-pyrrole nitrogens is 1. The van der Waals surface area contributed by atoms with Crippen LogP contribution in [0.3, 0.4) is 0 Å². The summed E-state index contributed by atoms with van der Waals surface area (Å²) in [7, 11) is 0. The first kappa shape index (κ1) is 17.0. The second kappa shape index (κ2) is 7.39. The molecule has 0 atom stereocenters.